The monoisotopic (exact) mass is 357 g/mol. The number of nitriles is 1. The van der Waals surface area contributed by atoms with Crippen LogP contribution in [0.15, 0.2) is 60.7 Å². The molecule has 132 valence electrons. The van der Waals surface area contributed by atoms with Crippen molar-refractivity contribution < 1.29 is 8.42 Å². The molecule has 6 heteroatoms. The fourth-order valence-corrected chi connectivity index (χ4v) is 3.59. The Kier molecular flexibility index (Phi) is 7.14. The molecule has 2 rings (SSSR count). The molecule has 2 aromatic rings. The first-order valence-corrected chi connectivity index (χ1v) is 9.66. The number of nitrogens with zero attached hydrogens (tertiary/aromatic N) is 2. The first-order chi connectivity index (χ1) is 12.0. The van der Waals surface area contributed by atoms with E-state index < -0.39 is 10.2 Å². The lowest BCUT2D eigenvalue weighted by molar-refractivity contribution is 0.462. The Balaban J connectivity index is 2.05. The van der Waals surface area contributed by atoms with E-state index in [-0.39, 0.29) is 18.9 Å². The van der Waals surface area contributed by atoms with Crippen molar-refractivity contribution in [3.05, 3.63) is 71.8 Å². The first kappa shape index (κ1) is 19.1. The van der Waals surface area contributed by atoms with E-state index in [1.165, 1.54) is 11.4 Å². The predicted molar refractivity (Wildman–Crippen MR) is 99.1 cm³/mol. The Hall–Kier alpha value is -2.20. The minimum Gasteiger partial charge on any atom is -0.202 e. The summed E-state index contributed by atoms with van der Waals surface area (Å²) in [6.45, 7) is 0.514. The summed E-state index contributed by atoms with van der Waals surface area (Å²) >= 11 is 0. The summed E-state index contributed by atoms with van der Waals surface area (Å²) in [6, 6.07) is 22.1. The highest BCUT2D eigenvalue weighted by atomic mass is 32.2. The van der Waals surface area contributed by atoms with Gasteiger partial charge >= 0.3 is 0 Å². The number of benzene rings is 2. The molecule has 0 atom stereocenters. The third kappa shape index (κ3) is 5.68. The van der Waals surface area contributed by atoms with Gasteiger partial charge in [0, 0.05) is 32.5 Å². The average molecular weight is 357 g/mol. The van der Waals surface area contributed by atoms with Gasteiger partial charge in [0.05, 0.1) is 6.07 Å². The van der Waals surface area contributed by atoms with Crippen LogP contribution >= 0.6 is 0 Å². The van der Waals surface area contributed by atoms with Crippen LogP contribution in [0.4, 0.5) is 0 Å². The van der Waals surface area contributed by atoms with E-state index in [4.69, 9.17) is 5.26 Å². The summed E-state index contributed by atoms with van der Waals surface area (Å²) < 4.78 is 28.2. The largest absolute Gasteiger partial charge is 0.279 e. The molecule has 0 aliphatic rings. The second kappa shape index (κ2) is 9.33. The minimum absolute atomic E-state index is 0.120. The SMILES string of the molecule is CN(CCC#N)S(=O)(=O)NCCC(c1ccccc1)c1ccccc1. The van der Waals surface area contributed by atoms with E-state index in [1.807, 2.05) is 42.5 Å². The molecule has 0 radical (unpaired) electrons. The van der Waals surface area contributed by atoms with Gasteiger partial charge in [0.25, 0.3) is 10.2 Å². The molecule has 1 N–H and O–H groups in total. The maximum atomic E-state index is 12.2. The number of hydrogen-bond acceptors (Lipinski definition) is 3. The topological polar surface area (TPSA) is 73.2 Å². The smallest absolute Gasteiger partial charge is 0.202 e. The molecule has 0 saturated carbocycles. The van der Waals surface area contributed by atoms with E-state index in [0.29, 0.717) is 13.0 Å². The summed E-state index contributed by atoms with van der Waals surface area (Å²) in [5.74, 6) is 0.120. The molecule has 0 amide bonds. The highest BCUT2D eigenvalue weighted by Gasteiger charge is 2.19. The fraction of sp³-hybridized carbons (Fsp3) is 0.316. The molecular weight excluding hydrogens is 334 g/mol. The van der Waals surface area contributed by atoms with Crippen LogP contribution < -0.4 is 4.72 Å². The van der Waals surface area contributed by atoms with E-state index in [0.717, 1.165) is 11.1 Å². The van der Waals surface area contributed by atoms with Gasteiger partial charge in [0.2, 0.25) is 0 Å². The second-order valence-corrected chi connectivity index (χ2v) is 7.65. The molecule has 2 aromatic carbocycles. The first-order valence-electron chi connectivity index (χ1n) is 8.22. The van der Waals surface area contributed by atoms with Crippen LogP contribution in [0.25, 0.3) is 0 Å². The Morgan fingerprint density at radius 2 is 1.56 bits per heavy atom. The van der Waals surface area contributed by atoms with E-state index >= 15 is 0 Å². The maximum Gasteiger partial charge on any atom is 0.279 e. The van der Waals surface area contributed by atoms with Gasteiger partial charge < -0.3 is 0 Å². The van der Waals surface area contributed by atoms with Crippen molar-refractivity contribution in [1.29, 1.82) is 5.26 Å². The van der Waals surface area contributed by atoms with Gasteiger partial charge in [0.15, 0.2) is 0 Å². The second-order valence-electron chi connectivity index (χ2n) is 5.79. The predicted octanol–water partition coefficient (Wildman–Crippen LogP) is 2.89. The zero-order valence-corrected chi connectivity index (χ0v) is 15.1. The zero-order chi connectivity index (χ0) is 18.1. The molecule has 0 aromatic heterocycles. The van der Waals surface area contributed by atoms with Gasteiger partial charge in [-0.3, -0.25) is 0 Å². The van der Waals surface area contributed by atoms with Crippen molar-refractivity contribution in [2.75, 3.05) is 20.1 Å². The van der Waals surface area contributed by atoms with Crippen molar-refractivity contribution in [3.8, 4) is 6.07 Å². The lowest BCUT2D eigenvalue weighted by Gasteiger charge is -2.20. The normalized spacial score (nSPS) is 11.6. The van der Waals surface area contributed by atoms with Gasteiger partial charge in [-0.05, 0) is 17.5 Å². The molecular formula is C19H23N3O2S. The Morgan fingerprint density at radius 3 is 2.04 bits per heavy atom. The molecule has 0 bridgehead atoms. The molecule has 0 aliphatic carbocycles. The molecule has 25 heavy (non-hydrogen) atoms. The summed E-state index contributed by atoms with van der Waals surface area (Å²) in [5.41, 5.74) is 2.32. The molecule has 0 spiro atoms. The molecule has 5 nitrogen and oxygen atoms in total. The lowest BCUT2D eigenvalue weighted by Crippen LogP contribution is -2.39. The van der Waals surface area contributed by atoms with Gasteiger partial charge in [-0.25, -0.2) is 4.72 Å². The highest BCUT2D eigenvalue weighted by molar-refractivity contribution is 7.87. The molecule has 0 aliphatic heterocycles. The van der Waals surface area contributed by atoms with Crippen LogP contribution in [0.1, 0.15) is 29.9 Å². The van der Waals surface area contributed by atoms with E-state index in [1.54, 1.807) is 0 Å². The summed E-state index contributed by atoms with van der Waals surface area (Å²) in [7, 11) is -2.08. The number of nitrogens with one attached hydrogen (secondary N) is 1. The minimum atomic E-state index is -3.56. The Labute approximate surface area is 150 Å². The van der Waals surface area contributed by atoms with Crippen molar-refractivity contribution in [2.24, 2.45) is 0 Å². The van der Waals surface area contributed by atoms with Crippen LogP contribution in [0.3, 0.4) is 0 Å². The number of rotatable bonds is 9. The molecule has 0 heterocycles. The van der Waals surface area contributed by atoms with E-state index in [2.05, 4.69) is 29.0 Å². The molecule has 0 fully saturated rings. The maximum absolute atomic E-state index is 12.2. The van der Waals surface area contributed by atoms with Crippen molar-refractivity contribution >= 4 is 10.2 Å². The van der Waals surface area contributed by atoms with Gasteiger partial charge in [-0.1, -0.05) is 60.7 Å². The van der Waals surface area contributed by atoms with Crippen LogP contribution in [0, 0.1) is 11.3 Å². The van der Waals surface area contributed by atoms with Gasteiger partial charge in [-0.2, -0.15) is 18.0 Å². The number of hydrogen-bond donors (Lipinski definition) is 1. The summed E-state index contributed by atoms with van der Waals surface area (Å²) in [4.78, 5) is 0. The lowest BCUT2D eigenvalue weighted by atomic mass is 9.89. The van der Waals surface area contributed by atoms with Crippen molar-refractivity contribution in [2.45, 2.75) is 18.8 Å². The zero-order valence-electron chi connectivity index (χ0n) is 14.3. The van der Waals surface area contributed by atoms with E-state index in [9.17, 15) is 8.42 Å². The molecule has 0 saturated heterocycles. The highest BCUT2D eigenvalue weighted by Crippen LogP contribution is 2.27. The van der Waals surface area contributed by atoms with Crippen LogP contribution in [0.2, 0.25) is 0 Å². The summed E-state index contributed by atoms with van der Waals surface area (Å²) in [6.07, 6.45) is 0.827. The fourth-order valence-electron chi connectivity index (χ4n) is 2.67. The van der Waals surface area contributed by atoms with Crippen LogP contribution in [-0.4, -0.2) is 32.9 Å². The van der Waals surface area contributed by atoms with Crippen molar-refractivity contribution in [1.82, 2.24) is 9.03 Å². The average Bonchev–Trinajstić information content (AvgIpc) is 2.64. The van der Waals surface area contributed by atoms with Crippen LogP contribution in [-0.2, 0) is 10.2 Å². The standard InChI is InChI=1S/C19H23N3O2S/c1-22(16-8-14-20)25(23,24)21-15-13-19(17-9-4-2-5-10-17)18-11-6-3-7-12-18/h2-7,9-12,19,21H,8,13,15-16H2,1H3. The Bertz CT molecular complexity index is 747. The molecule has 0 unspecified atom stereocenters. The van der Waals surface area contributed by atoms with Crippen molar-refractivity contribution in [3.63, 3.8) is 0 Å². The van der Waals surface area contributed by atoms with Gasteiger partial charge in [-0.15, -0.1) is 0 Å². The third-order valence-electron chi connectivity index (χ3n) is 4.07. The quantitative estimate of drug-likeness (QED) is 0.750. The summed E-state index contributed by atoms with van der Waals surface area (Å²) in [5, 5.41) is 8.59. The van der Waals surface area contributed by atoms with Crippen LogP contribution in [0.5, 0.6) is 0 Å². The Morgan fingerprint density at radius 1 is 1.04 bits per heavy atom. The third-order valence-corrected chi connectivity index (χ3v) is 5.64. The van der Waals surface area contributed by atoms with Gasteiger partial charge in [0.1, 0.15) is 0 Å².